The molecule has 1 fully saturated rings. The van der Waals surface area contributed by atoms with Gasteiger partial charge in [0.25, 0.3) is 0 Å². The van der Waals surface area contributed by atoms with E-state index in [9.17, 15) is 0 Å². The molecule has 0 spiro atoms. The third-order valence-electron chi connectivity index (χ3n) is 3.92. The molecule has 96 valence electrons. The maximum atomic E-state index is 4.60. The minimum absolute atomic E-state index is 0.513. The van der Waals surface area contributed by atoms with E-state index >= 15 is 0 Å². The van der Waals surface area contributed by atoms with Crippen molar-refractivity contribution in [2.24, 2.45) is 5.92 Å². The van der Waals surface area contributed by atoms with Gasteiger partial charge in [-0.1, -0.05) is 19.8 Å². The van der Waals surface area contributed by atoms with E-state index in [4.69, 9.17) is 0 Å². The standard InChI is InChI=1S/C14H25N3/c1-3-12(2)17-9-8-14(16-17)11-15-10-13-6-4-5-7-13/h8-9,12-13,15H,3-7,10-11H2,1-2H3. The molecule has 1 heterocycles. The molecule has 17 heavy (non-hydrogen) atoms. The van der Waals surface area contributed by atoms with E-state index in [0.29, 0.717) is 6.04 Å². The fourth-order valence-corrected chi connectivity index (χ4v) is 2.52. The molecule has 0 radical (unpaired) electrons. The summed E-state index contributed by atoms with van der Waals surface area (Å²) in [6.45, 7) is 6.49. The molecule has 0 saturated heterocycles. The first-order chi connectivity index (χ1) is 8.29. The van der Waals surface area contributed by atoms with Crippen LogP contribution >= 0.6 is 0 Å². The van der Waals surface area contributed by atoms with Gasteiger partial charge < -0.3 is 5.32 Å². The van der Waals surface area contributed by atoms with Gasteiger partial charge in [-0.3, -0.25) is 4.68 Å². The first kappa shape index (κ1) is 12.6. The van der Waals surface area contributed by atoms with Gasteiger partial charge in [-0.25, -0.2) is 0 Å². The average molecular weight is 235 g/mol. The number of rotatable bonds is 6. The second-order valence-electron chi connectivity index (χ2n) is 5.33. The van der Waals surface area contributed by atoms with Crippen molar-refractivity contribution in [1.29, 1.82) is 0 Å². The Morgan fingerprint density at radius 3 is 2.94 bits per heavy atom. The van der Waals surface area contributed by atoms with Gasteiger partial charge in [0.1, 0.15) is 0 Å². The van der Waals surface area contributed by atoms with Crippen LogP contribution in [-0.4, -0.2) is 16.3 Å². The zero-order valence-electron chi connectivity index (χ0n) is 11.2. The summed E-state index contributed by atoms with van der Waals surface area (Å²) in [7, 11) is 0. The molecule has 3 nitrogen and oxygen atoms in total. The summed E-state index contributed by atoms with van der Waals surface area (Å²) in [4.78, 5) is 0. The average Bonchev–Trinajstić information content (AvgIpc) is 2.99. The summed E-state index contributed by atoms with van der Waals surface area (Å²) in [5.74, 6) is 0.909. The maximum Gasteiger partial charge on any atom is 0.0762 e. The normalized spacial score (nSPS) is 18.7. The zero-order valence-corrected chi connectivity index (χ0v) is 11.2. The van der Waals surface area contributed by atoms with Crippen molar-refractivity contribution in [3.8, 4) is 0 Å². The Hall–Kier alpha value is -0.830. The second-order valence-corrected chi connectivity index (χ2v) is 5.33. The van der Waals surface area contributed by atoms with Gasteiger partial charge in [0.05, 0.1) is 5.69 Å². The molecule has 3 heteroatoms. The van der Waals surface area contributed by atoms with Crippen LogP contribution in [0.2, 0.25) is 0 Å². The Labute approximate surface area is 105 Å². The molecule has 1 aliphatic carbocycles. The van der Waals surface area contributed by atoms with Crippen molar-refractivity contribution < 1.29 is 0 Å². The highest BCUT2D eigenvalue weighted by Gasteiger charge is 2.14. The Balaban J connectivity index is 1.73. The highest BCUT2D eigenvalue weighted by atomic mass is 15.3. The number of nitrogens with one attached hydrogen (secondary N) is 1. The van der Waals surface area contributed by atoms with Crippen molar-refractivity contribution in [3.05, 3.63) is 18.0 Å². The van der Waals surface area contributed by atoms with Gasteiger partial charge in [-0.05, 0) is 44.7 Å². The fourth-order valence-electron chi connectivity index (χ4n) is 2.52. The van der Waals surface area contributed by atoms with E-state index in [1.54, 1.807) is 0 Å². The summed E-state index contributed by atoms with van der Waals surface area (Å²) >= 11 is 0. The van der Waals surface area contributed by atoms with Crippen LogP contribution in [0.25, 0.3) is 0 Å². The number of aromatic nitrogens is 2. The largest absolute Gasteiger partial charge is 0.311 e. The molecule has 0 amide bonds. The summed E-state index contributed by atoms with van der Waals surface area (Å²) in [5, 5.41) is 8.14. The third-order valence-corrected chi connectivity index (χ3v) is 3.92. The van der Waals surface area contributed by atoms with E-state index in [2.05, 4.69) is 41.2 Å². The molecule has 1 aromatic heterocycles. The van der Waals surface area contributed by atoms with Crippen LogP contribution in [0.3, 0.4) is 0 Å². The molecule has 2 rings (SSSR count). The lowest BCUT2D eigenvalue weighted by Crippen LogP contribution is -2.21. The van der Waals surface area contributed by atoms with Crippen LogP contribution in [0, 0.1) is 5.92 Å². The van der Waals surface area contributed by atoms with E-state index in [-0.39, 0.29) is 0 Å². The van der Waals surface area contributed by atoms with E-state index in [1.165, 1.54) is 31.4 Å². The fraction of sp³-hybridized carbons (Fsp3) is 0.786. The lowest BCUT2D eigenvalue weighted by molar-refractivity contribution is 0.462. The summed E-state index contributed by atoms with van der Waals surface area (Å²) in [6, 6.07) is 2.65. The molecule has 0 aromatic carbocycles. The Morgan fingerprint density at radius 1 is 1.47 bits per heavy atom. The minimum atomic E-state index is 0.513. The highest BCUT2D eigenvalue weighted by Crippen LogP contribution is 2.23. The molecular weight excluding hydrogens is 210 g/mol. The molecule has 1 N–H and O–H groups in total. The van der Waals surface area contributed by atoms with Gasteiger partial charge in [0.15, 0.2) is 0 Å². The lowest BCUT2D eigenvalue weighted by Gasteiger charge is -2.10. The quantitative estimate of drug-likeness (QED) is 0.821. The van der Waals surface area contributed by atoms with Crippen molar-refractivity contribution in [1.82, 2.24) is 15.1 Å². The topological polar surface area (TPSA) is 29.9 Å². The van der Waals surface area contributed by atoms with Crippen LogP contribution in [-0.2, 0) is 6.54 Å². The molecule has 1 unspecified atom stereocenters. The van der Waals surface area contributed by atoms with Gasteiger partial charge in [-0.15, -0.1) is 0 Å². The first-order valence-corrected chi connectivity index (χ1v) is 7.04. The van der Waals surface area contributed by atoms with Gasteiger partial charge in [0.2, 0.25) is 0 Å². The van der Waals surface area contributed by atoms with Gasteiger partial charge in [-0.2, -0.15) is 5.10 Å². The Kier molecular flexibility index (Phi) is 4.60. The second kappa shape index (κ2) is 6.20. The Morgan fingerprint density at radius 2 is 2.24 bits per heavy atom. The SMILES string of the molecule is CCC(C)n1ccc(CNCC2CCCC2)n1. The van der Waals surface area contributed by atoms with Gasteiger partial charge >= 0.3 is 0 Å². The van der Waals surface area contributed by atoms with Crippen LogP contribution in [0.15, 0.2) is 12.3 Å². The van der Waals surface area contributed by atoms with E-state index in [1.807, 2.05) is 0 Å². The molecule has 1 atom stereocenters. The van der Waals surface area contributed by atoms with Crippen molar-refractivity contribution in [2.45, 2.75) is 58.5 Å². The summed E-state index contributed by atoms with van der Waals surface area (Å²) in [5.41, 5.74) is 1.17. The zero-order chi connectivity index (χ0) is 12.1. The van der Waals surface area contributed by atoms with E-state index < -0.39 is 0 Å². The van der Waals surface area contributed by atoms with Crippen molar-refractivity contribution in [2.75, 3.05) is 6.54 Å². The monoisotopic (exact) mass is 235 g/mol. The van der Waals surface area contributed by atoms with Crippen molar-refractivity contribution >= 4 is 0 Å². The van der Waals surface area contributed by atoms with Gasteiger partial charge in [0, 0.05) is 18.8 Å². The Bertz CT molecular complexity index is 326. The summed E-state index contributed by atoms with van der Waals surface area (Å²) < 4.78 is 2.08. The molecule has 1 aliphatic rings. The number of hydrogen-bond donors (Lipinski definition) is 1. The smallest absolute Gasteiger partial charge is 0.0762 e. The van der Waals surface area contributed by atoms with Crippen LogP contribution < -0.4 is 5.32 Å². The van der Waals surface area contributed by atoms with Crippen LogP contribution in [0.4, 0.5) is 0 Å². The minimum Gasteiger partial charge on any atom is -0.311 e. The molecule has 1 saturated carbocycles. The van der Waals surface area contributed by atoms with E-state index in [0.717, 1.165) is 25.4 Å². The number of hydrogen-bond acceptors (Lipinski definition) is 2. The molecule has 0 bridgehead atoms. The summed E-state index contributed by atoms with van der Waals surface area (Å²) in [6.07, 6.45) is 8.91. The highest BCUT2D eigenvalue weighted by molar-refractivity contribution is 4.99. The number of nitrogens with zero attached hydrogens (tertiary/aromatic N) is 2. The van der Waals surface area contributed by atoms with Crippen LogP contribution in [0.1, 0.15) is 57.7 Å². The first-order valence-electron chi connectivity index (χ1n) is 7.04. The lowest BCUT2D eigenvalue weighted by atomic mass is 10.1. The maximum absolute atomic E-state index is 4.60. The predicted octanol–water partition coefficient (Wildman–Crippen LogP) is 3.13. The van der Waals surface area contributed by atoms with Crippen LogP contribution in [0.5, 0.6) is 0 Å². The third kappa shape index (κ3) is 3.56. The van der Waals surface area contributed by atoms with Crippen molar-refractivity contribution in [3.63, 3.8) is 0 Å². The molecule has 0 aliphatic heterocycles. The molecule has 1 aromatic rings. The molecular formula is C14H25N3. The predicted molar refractivity (Wildman–Crippen MR) is 70.9 cm³/mol.